The van der Waals surface area contributed by atoms with Gasteiger partial charge in [-0.3, -0.25) is 4.79 Å². The number of piperidine rings is 1. The lowest BCUT2D eigenvalue weighted by Gasteiger charge is -2.43. The molecule has 2 aromatic carbocycles. The van der Waals surface area contributed by atoms with Gasteiger partial charge in [0.1, 0.15) is 11.5 Å². The van der Waals surface area contributed by atoms with E-state index in [2.05, 4.69) is 10.1 Å². The average Bonchev–Trinajstić information content (AvgIpc) is 2.84. The number of benzene rings is 2. The van der Waals surface area contributed by atoms with E-state index in [1.165, 1.54) is 25.3 Å². The Labute approximate surface area is 205 Å². The van der Waals surface area contributed by atoms with E-state index in [4.69, 9.17) is 4.74 Å². The number of fused-ring (bicyclic) bond motifs is 4. The number of carbonyl (C=O) groups excluding carboxylic acids is 1. The Kier molecular flexibility index (Phi) is 6.11. The molecule has 1 N–H and O–H groups in total. The molecule has 10 heteroatoms. The van der Waals surface area contributed by atoms with Crippen molar-refractivity contribution in [2.75, 3.05) is 25.5 Å². The van der Waals surface area contributed by atoms with E-state index in [1.54, 1.807) is 39.8 Å². The van der Waals surface area contributed by atoms with Gasteiger partial charge >= 0.3 is 12.4 Å². The Balaban J connectivity index is 1.42. The predicted octanol–water partition coefficient (Wildman–Crippen LogP) is 5.07. The maximum absolute atomic E-state index is 13.1. The first-order valence-corrected chi connectivity index (χ1v) is 11.5. The van der Waals surface area contributed by atoms with Crippen LogP contribution < -0.4 is 20.3 Å². The molecule has 1 fully saturated rings. The van der Waals surface area contributed by atoms with E-state index >= 15 is 0 Å². The molecule has 2 atom stereocenters. The second-order valence-corrected chi connectivity index (χ2v) is 8.99. The largest absolute Gasteiger partial charge is 0.573 e. The second-order valence-electron chi connectivity index (χ2n) is 8.99. The number of amides is 2. The Hall–Kier alpha value is -3.95. The number of anilines is 1. The van der Waals surface area contributed by atoms with Gasteiger partial charge in [-0.2, -0.15) is 0 Å². The van der Waals surface area contributed by atoms with Gasteiger partial charge in [0.25, 0.3) is 5.56 Å². The lowest BCUT2D eigenvalue weighted by Crippen LogP contribution is -2.50. The Bertz CT molecular complexity index is 1340. The third-order valence-electron chi connectivity index (χ3n) is 6.62. The summed E-state index contributed by atoms with van der Waals surface area (Å²) in [6, 6.07) is 15.7. The van der Waals surface area contributed by atoms with Gasteiger partial charge in [-0.25, -0.2) is 4.79 Å². The number of pyridine rings is 1. The molecule has 5 rings (SSSR count). The zero-order valence-corrected chi connectivity index (χ0v) is 19.4. The first-order valence-electron chi connectivity index (χ1n) is 11.5. The topological polar surface area (TPSA) is 72.8 Å². The monoisotopic (exact) mass is 499 g/mol. The average molecular weight is 499 g/mol. The molecular formula is C26H24F3N3O4. The van der Waals surface area contributed by atoms with Gasteiger partial charge < -0.3 is 24.3 Å². The number of nitrogens with zero attached hydrogens (tertiary/aromatic N) is 2. The second kappa shape index (κ2) is 9.25. The molecule has 2 aliphatic heterocycles. The Morgan fingerprint density at radius 2 is 1.75 bits per heavy atom. The van der Waals surface area contributed by atoms with Crippen LogP contribution in [-0.2, 0) is 6.54 Å². The number of hydrogen-bond donors (Lipinski definition) is 1. The first-order chi connectivity index (χ1) is 17.2. The minimum absolute atomic E-state index is 0.101. The minimum Gasteiger partial charge on any atom is -0.495 e. The highest BCUT2D eigenvalue weighted by atomic mass is 19.4. The van der Waals surface area contributed by atoms with Gasteiger partial charge in [0.05, 0.1) is 12.8 Å². The number of nitrogens with one attached hydrogen (secondary N) is 1. The van der Waals surface area contributed by atoms with Gasteiger partial charge in [0, 0.05) is 42.9 Å². The van der Waals surface area contributed by atoms with Crippen LogP contribution in [0.4, 0.5) is 23.7 Å². The maximum Gasteiger partial charge on any atom is 0.573 e. The van der Waals surface area contributed by atoms with Crippen molar-refractivity contribution in [3.63, 3.8) is 0 Å². The predicted molar refractivity (Wildman–Crippen MR) is 127 cm³/mol. The van der Waals surface area contributed by atoms with Crippen LogP contribution in [0, 0.1) is 5.92 Å². The minimum atomic E-state index is -4.77. The van der Waals surface area contributed by atoms with Crippen molar-refractivity contribution in [1.29, 1.82) is 0 Å². The number of rotatable bonds is 4. The maximum atomic E-state index is 13.1. The van der Waals surface area contributed by atoms with Crippen molar-refractivity contribution in [1.82, 2.24) is 9.47 Å². The summed E-state index contributed by atoms with van der Waals surface area (Å²) in [5, 5.41) is 2.91. The summed E-state index contributed by atoms with van der Waals surface area (Å²) in [5.41, 5.74) is 2.65. The number of ether oxygens (including phenoxy) is 2. The summed E-state index contributed by atoms with van der Waals surface area (Å²) in [6.07, 6.45) is -3.96. The standard InChI is InChI=1S/C26H24F3N3O4/c1-35-22-5-3-2-4-21(22)30-25(34)31-13-16-12-18(15-31)24-20(10-11-23(33)32(24)14-16)17-6-8-19(9-7-17)36-26(27,28)29/h2-11,16,18H,12-15H2,1H3,(H,30,34)/t16-,18-/m1/s1. The number of urea groups is 1. The summed E-state index contributed by atoms with van der Waals surface area (Å²) in [6.45, 7) is 1.38. The van der Waals surface area contributed by atoms with Crippen LogP contribution in [0.3, 0.4) is 0 Å². The van der Waals surface area contributed by atoms with E-state index in [-0.39, 0.29) is 29.2 Å². The van der Waals surface area contributed by atoms with Gasteiger partial charge in [-0.05, 0) is 48.2 Å². The molecule has 2 aliphatic rings. The molecule has 2 amide bonds. The number of methoxy groups -OCH3 is 1. The van der Waals surface area contributed by atoms with Gasteiger partial charge in [-0.1, -0.05) is 24.3 Å². The highest BCUT2D eigenvalue weighted by molar-refractivity contribution is 5.91. The van der Waals surface area contributed by atoms with E-state index in [1.807, 2.05) is 12.1 Å². The molecule has 0 aliphatic carbocycles. The van der Waals surface area contributed by atoms with Crippen LogP contribution in [0.5, 0.6) is 11.5 Å². The Morgan fingerprint density at radius 1 is 1.00 bits per heavy atom. The van der Waals surface area contributed by atoms with Gasteiger partial charge in [-0.15, -0.1) is 13.2 Å². The lowest BCUT2D eigenvalue weighted by atomic mass is 9.80. The van der Waals surface area contributed by atoms with Crippen LogP contribution >= 0.6 is 0 Å². The zero-order valence-electron chi connectivity index (χ0n) is 19.4. The number of para-hydroxylation sites is 2. The molecule has 0 radical (unpaired) electrons. The fourth-order valence-electron chi connectivity index (χ4n) is 5.20. The van der Waals surface area contributed by atoms with Crippen molar-refractivity contribution >= 4 is 11.7 Å². The summed E-state index contributed by atoms with van der Waals surface area (Å²) in [7, 11) is 1.54. The molecule has 1 aromatic heterocycles. The third kappa shape index (κ3) is 4.75. The molecular weight excluding hydrogens is 475 g/mol. The van der Waals surface area contributed by atoms with Crippen LogP contribution in [0.2, 0.25) is 0 Å². The molecule has 7 nitrogen and oxygen atoms in total. The highest BCUT2D eigenvalue weighted by Gasteiger charge is 2.38. The fraction of sp³-hybridized carbons (Fsp3) is 0.308. The van der Waals surface area contributed by atoms with Gasteiger partial charge in [0.2, 0.25) is 0 Å². The van der Waals surface area contributed by atoms with Crippen LogP contribution in [0.1, 0.15) is 18.0 Å². The molecule has 2 bridgehead atoms. The quantitative estimate of drug-likeness (QED) is 0.544. The number of aromatic nitrogens is 1. The smallest absolute Gasteiger partial charge is 0.495 e. The number of halogens is 3. The first kappa shape index (κ1) is 23.8. The van der Waals surface area contributed by atoms with Crippen molar-refractivity contribution in [2.24, 2.45) is 5.92 Å². The molecule has 0 spiro atoms. The number of alkyl halides is 3. The summed E-state index contributed by atoms with van der Waals surface area (Å²) in [4.78, 5) is 27.6. The number of hydrogen-bond acceptors (Lipinski definition) is 4. The SMILES string of the molecule is COc1ccccc1NC(=O)N1C[C@H]2C[C@H](C1)c1c(-c3ccc(OC(F)(F)F)cc3)ccc(=O)n1C2. The molecule has 1 saturated heterocycles. The molecule has 3 aromatic rings. The van der Waals surface area contributed by atoms with Crippen molar-refractivity contribution in [3.8, 4) is 22.6 Å². The van der Waals surface area contributed by atoms with E-state index in [0.29, 0.717) is 36.6 Å². The van der Waals surface area contributed by atoms with Crippen molar-refractivity contribution in [2.45, 2.75) is 25.2 Å². The zero-order chi connectivity index (χ0) is 25.4. The molecule has 3 heterocycles. The molecule has 0 unspecified atom stereocenters. The third-order valence-corrected chi connectivity index (χ3v) is 6.62. The van der Waals surface area contributed by atoms with Crippen molar-refractivity contribution in [3.05, 3.63) is 76.7 Å². The molecule has 36 heavy (non-hydrogen) atoms. The van der Waals surface area contributed by atoms with Crippen LogP contribution in [0.25, 0.3) is 11.1 Å². The Morgan fingerprint density at radius 3 is 2.47 bits per heavy atom. The lowest BCUT2D eigenvalue weighted by molar-refractivity contribution is -0.274. The summed E-state index contributed by atoms with van der Waals surface area (Å²) in [5.74, 6) is 0.247. The van der Waals surface area contributed by atoms with E-state index in [0.717, 1.165) is 17.7 Å². The number of carbonyl (C=O) groups is 1. The number of likely N-dealkylation sites (tertiary alicyclic amines) is 1. The highest BCUT2D eigenvalue weighted by Crippen LogP contribution is 2.40. The van der Waals surface area contributed by atoms with Crippen molar-refractivity contribution < 1.29 is 27.4 Å². The summed E-state index contributed by atoms with van der Waals surface area (Å²) >= 11 is 0. The molecule has 0 saturated carbocycles. The van der Waals surface area contributed by atoms with E-state index in [9.17, 15) is 22.8 Å². The summed E-state index contributed by atoms with van der Waals surface area (Å²) < 4.78 is 48.7. The van der Waals surface area contributed by atoms with Crippen LogP contribution in [-0.4, -0.2) is 42.1 Å². The fourth-order valence-corrected chi connectivity index (χ4v) is 5.20. The van der Waals surface area contributed by atoms with Gasteiger partial charge in [0.15, 0.2) is 0 Å². The normalized spacial score (nSPS) is 18.8. The van der Waals surface area contributed by atoms with Crippen LogP contribution in [0.15, 0.2) is 65.5 Å². The van der Waals surface area contributed by atoms with E-state index < -0.39 is 6.36 Å². The molecule has 188 valence electrons.